The van der Waals surface area contributed by atoms with Crippen molar-refractivity contribution in [1.29, 1.82) is 0 Å². The Morgan fingerprint density at radius 1 is 1.10 bits per heavy atom. The lowest BCUT2D eigenvalue weighted by molar-refractivity contribution is 0.0948. The van der Waals surface area contributed by atoms with E-state index < -0.39 is 0 Å². The van der Waals surface area contributed by atoms with E-state index in [0.29, 0.717) is 0 Å². The predicted molar refractivity (Wildman–Crippen MR) is 84.7 cm³/mol. The second-order valence-electron chi connectivity index (χ2n) is 6.22. The van der Waals surface area contributed by atoms with E-state index >= 15 is 0 Å². The molecule has 0 atom stereocenters. The van der Waals surface area contributed by atoms with Gasteiger partial charge in [0.15, 0.2) is 0 Å². The Hall–Kier alpha value is -0.930. The standard InChI is InChI=1S/C17H29N3/c1-20(14-9-16-7-12-19-13-8-16)17(15-18)10-5-3-2-4-6-11-17/h7-8,12-13H,2-6,9-11,14-15,18H2,1H3. The normalized spacial score (nSPS) is 19.6. The molecule has 1 heterocycles. The maximum atomic E-state index is 6.18. The van der Waals surface area contributed by atoms with E-state index in [1.165, 1.54) is 50.5 Å². The molecule has 1 aromatic heterocycles. The van der Waals surface area contributed by atoms with Crippen LogP contribution in [0.4, 0.5) is 0 Å². The minimum absolute atomic E-state index is 0.230. The van der Waals surface area contributed by atoms with Crippen molar-refractivity contribution in [3.05, 3.63) is 30.1 Å². The van der Waals surface area contributed by atoms with Gasteiger partial charge < -0.3 is 5.73 Å². The highest BCUT2D eigenvalue weighted by Gasteiger charge is 2.32. The molecule has 1 aromatic rings. The van der Waals surface area contributed by atoms with Crippen molar-refractivity contribution in [2.45, 2.75) is 56.9 Å². The highest BCUT2D eigenvalue weighted by atomic mass is 15.2. The van der Waals surface area contributed by atoms with Crippen molar-refractivity contribution in [2.24, 2.45) is 5.73 Å². The first kappa shape index (κ1) is 15.5. The van der Waals surface area contributed by atoms with Crippen molar-refractivity contribution >= 4 is 0 Å². The quantitative estimate of drug-likeness (QED) is 0.898. The highest BCUT2D eigenvalue weighted by molar-refractivity contribution is 5.10. The highest BCUT2D eigenvalue weighted by Crippen LogP contribution is 2.30. The van der Waals surface area contributed by atoms with E-state index in [0.717, 1.165) is 19.5 Å². The molecular formula is C17H29N3. The van der Waals surface area contributed by atoms with Gasteiger partial charge in [-0.15, -0.1) is 0 Å². The molecule has 20 heavy (non-hydrogen) atoms. The van der Waals surface area contributed by atoms with Gasteiger partial charge in [-0.2, -0.15) is 0 Å². The van der Waals surface area contributed by atoms with Gasteiger partial charge in [-0.25, -0.2) is 0 Å². The van der Waals surface area contributed by atoms with Crippen LogP contribution in [0.15, 0.2) is 24.5 Å². The SMILES string of the molecule is CN(CCc1ccncc1)C1(CN)CCCCCCC1. The largest absolute Gasteiger partial charge is 0.329 e. The number of nitrogens with zero attached hydrogens (tertiary/aromatic N) is 2. The number of aromatic nitrogens is 1. The van der Waals surface area contributed by atoms with Crippen molar-refractivity contribution in [3.63, 3.8) is 0 Å². The van der Waals surface area contributed by atoms with Gasteiger partial charge in [-0.1, -0.05) is 32.1 Å². The summed E-state index contributed by atoms with van der Waals surface area (Å²) in [6.07, 6.45) is 14.2. The lowest BCUT2D eigenvalue weighted by atomic mass is 9.82. The first-order valence-electron chi connectivity index (χ1n) is 8.07. The first-order chi connectivity index (χ1) is 9.77. The van der Waals surface area contributed by atoms with Crippen LogP contribution in [0.2, 0.25) is 0 Å². The molecule has 0 saturated heterocycles. The fourth-order valence-electron chi connectivity index (χ4n) is 3.39. The fourth-order valence-corrected chi connectivity index (χ4v) is 3.39. The number of hydrogen-bond donors (Lipinski definition) is 1. The summed E-state index contributed by atoms with van der Waals surface area (Å²) in [6.45, 7) is 1.88. The average Bonchev–Trinajstić information content (AvgIpc) is 2.46. The average molecular weight is 275 g/mol. The molecule has 112 valence electrons. The number of hydrogen-bond acceptors (Lipinski definition) is 3. The van der Waals surface area contributed by atoms with Crippen LogP contribution in [0.1, 0.15) is 50.5 Å². The van der Waals surface area contributed by atoms with Gasteiger partial charge in [0.25, 0.3) is 0 Å². The molecule has 1 fully saturated rings. The van der Waals surface area contributed by atoms with Crippen LogP contribution < -0.4 is 5.73 Å². The molecule has 1 aliphatic carbocycles. The van der Waals surface area contributed by atoms with Crippen LogP contribution in [-0.4, -0.2) is 35.6 Å². The molecule has 0 aliphatic heterocycles. The summed E-state index contributed by atoms with van der Waals surface area (Å²) in [5.74, 6) is 0. The van der Waals surface area contributed by atoms with Gasteiger partial charge >= 0.3 is 0 Å². The minimum Gasteiger partial charge on any atom is -0.329 e. The molecule has 0 aromatic carbocycles. The van der Waals surface area contributed by atoms with Crippen molar-refractivity contribution in [2.75, 3.05) is 20.1 Å². The summed E-state index contributed by atoms with van der Waals surface area (Å²) in [5.41, 5.74) is 7.77. The Morgan fingerprint density at radius 2 is 1.70 bits per heavy atom. The van der Waals surface area contributed by atoms with Gasteiger partial charge in [0.2, 0.25) is 0 Å². The Balaban J connectivity index is 1.94. The Morgan fingerprint density at radius 3 is 2.30 bits per heavy atom. The molecule has 2 rings (SSSR count). The molecule has 0 bridgehead atoms. The van der Waals surface area contributed by atoms with E-state index in [2.05, 4.69) is 29.1 Å². The molecule has 3 heteroatoms. The third-order valence-electron chi connectivity index (χ3n) is 4.96. The zero-order valence-electron chi connectivity index (χ0n) is 12.9. The van der Waals surface area contributed by atoms with E-state index in [-0.39, 0.29) is 5.54 Å². The number of rotatable bonds is 5. The maximum absolute atomic E-state index is 6.18. The maximum Gasteiger partial charge on any atom is 0.0328 e. The zero-order chi connectivity index (χ0) is 14.3. The van der Waals surface area contributed by atoms with Gasteiger partial charge in [0.05, 0.1) is 0 Å². The fraction of sp³-hybridized carbons (Fsp3) is 0.706. The number of nitrogens with two attached hydrogens (primary N) is 1. The van der Waals surface area contributed by atoms with Crippen LogP contribution in [0, 0.1) is 0 Å². The molecule has 0 spiro atoms. The van der Waals surface area contributed by atoms with Crippen LogP contribution >= 0.6 is 0 Å². The monoisotopic (exact) mass is 275 g/mol. The van der Waals surface area contributed by atoms with Gasteiger partial charge in [0, 0.05) is 31.0 Å². The lowest BCUT2D eigenvalue weighted by Crippen LogP contribution is -2.53. The molecule has 0 amide bonds. The summed E-state index contributed by atoms with van der Waals surface area (Å²) in [5, 5.41) is 0. The van der Waals surface area contributed by atoms with Crippen LogP contribution in [0.5, 0.6) is 0 Å². The second-order valence-corrected chi connectivity index (χ2v) is 6.22. The third-order valence-corrected chi connectivity index (χ3v) is 4.96. The molecule has 0 radical (unpaired) electrons. The topological polar surface area (TPSA) is 42.2 Å². The van der Waals surface area contributed by atoms with E-state index in [1.807, 2.05) is 12.4 Å². The Labute approximate surface area is 123 Å². The lowest BCUT2D eigenvalue weighted by Gasteiger charge is -2.43. The van der Waals surface area contributed by atoms with E-state index in [1.54, 1.807) is 0 Å². The molecular weight excluding hydrogens is 246 g/mol. The van der Waals surface area contributed by atoms with Gasteiger partial charge in [-0.05, 0) is 44.0 Å². The zero-order valence-corrected chi connectivity index (χ0v) is 12.9. The molecule has 0 unspecified atom stereocenters. The Bertz CT molecular complexity index is 369. The van der Waals surface area contributed by atoms with Gasteiger partial charge in [0.1, 0.15) is 0 Å². The summed E-state index contributed by atoms with van der Waals surface area (Å²) >= 11 is 0. The smallest absolute Gasteiger partial charge is 0.0328 e. The van der Waals surface area contributed by atoms with Gasteiger partial charge in [-0.3, -0.25) is 9.88 Å². The van der Waals surface area contributed by atoms with Crippen molar-refractivity contribution in [1.82, 2.24) is 9.88 Å². The molecule has 1 saturated carbocycles. The second kappa shape index (κ2) is 7.75. The van der Waals surface area contributed by atoms with Crippen LogP contribution in [-0.2, 0) is 6.42 Å². The summed E-state index contributed by atoms with van der Waals surface area (Å²) < 4.78 is 0. The predicted octanol–water partition coefficient (Wildman–Crippen LogP) is 3.00. The summed E-state index contributed by atoms with van der Waals surface area (Å²) in [6, 6.07) is 4.22. The summed E-state index contributed by atoms with van der Waals surface area (Å²) in [4.78, 5) is 6.61. The molecule has 1 aliphatic rings. The van der Waals surface area contributed by atoms with Crippen LogP contribution in [0.25, 0.3) is 0 Å². The molecule has 3 nitrogen and oxygen atoms in total. The van der Waals surface area contributed by atoms with E-state index in [9.17, 15) is 0 Å². The van der Waals surface area contributed by atoms with E-state index in [4.69, 9.17) is 5.73 Å². The Kier molecular flexibility index (Phi) is 5.99. The van der Waals surface area contributed by atoms with Crippen molar-refractivity contribution in [3.8, 4) is 0 Å². The minimum atomic E-state index is 0.230. The first-order valence-corrected chi connectivity index (χ1v) is 8.07. The number of pyridine rings is 1. The van der Waals surface area contributed by atoms with Crippen LogP contribution in [0.3, 0.4) is 0 Å². The summed E-state index contributed by atoms with van der Waals surface area (Å²) in [7, 11) is 2.26. The molecule has 2 N–H and O–H groups in total. The van der Waals surface area contributed by atoms with Crippen molar-refractivity contribution < 1.29 is 0 Å². The number of likely N-dealkylation sites (N-methyl/N-ethyl adjacent to an activating group) is 1. The third kappa shape index (κ3) is 4.03.